The molecule has 7 heteroatoms. The molecule has 0 aromatic heterocycles. The predicted molar refractivity (Wildman–Crippen MR) is 86.9 cm³/mol. The van der Waals surface area contributed by atoms with Crippen LogP contribution in [0.4, 0.5) is 5.69 Å². The number of nitrogens with zero attached hydrogens (tertiary/aromatic N) is 2. The van der Waals surface area contributed by atoms with E-state index in [1.807, 2.05) is 12.1 Å². The number of nitro benzene ring substituents is 1. The summed E-state index contributed by atoms with van der Waals surface area (Å²) >= 11 is 5.77. The third kappa shape index (κ3) is 3.98. The summed E-state index contributed by atoms with van der Waals surface area (Å²) in [5, 5.41) is 11.3. The molecule has 0 unspecified atom stereocenters. The molecule has 2 aromatic rings. The SMILES string of the molecule is COc1cccc(CN(C)C(=O)c2ccc(Cl)cc2[N+](=O)[O-])c1. The molecular formula is C16H15ClN2O4. The number of carbonyl (C=O) groups is 1. The van der Waals surface area contributed by atoms with Crippen molar-refractivity contribution in [3.63, 3.8) is 0 Å². The molecule has 0 aliphatic heterocycles. The molecule has 0 atom stereocenters. The minimum atomic E-state index is -0.613. The minimum absolute atomic E-state index is 0.00444. The highest BCUT2D eigenvalue weighted by Crippen LogP contribution is 2.25. The second-order valence-electron chi connectivity index (χ2n) is 4.93. The van der Waals surface area contributed by atoms with Gasteiger partial charge in [0.25, 0.3) is 11.6 Å². The number of rotatable bonds is 5. The maximum absolute atomic E-state index is 12.5. The first-order chi connectivity index (χ1) is 10.9. The van der Waals surface area contributed by atoms with Gasteiger partial charge >= 0.3 is 0 Å². The van der Waals surface area contributed by atoms with Crippen molar-refractivity contribution < 1.29 is 14.5 Å². The molecule has 1 amide bonds. The average molecular weight is 335 g/mol. The summed E-state index contributed by atoms with van der Waals surface area (Å²) in [7, 11) is 3.14. The summed E-state index contributed by atoms with van der Waals surface area (Å²) in [6.45, 7) is 0.301. The highest BCUT2D eigenvalue weighted by Gasteiger charge is 2.23. The Morgan fingerprint density at radius 1 is 1.30 bits per heavy atom. The van der Waals surface area contributed by atoms with Crippen molar-refractivity contribution in [1.29, 1.82) is 0 Å². The van der Waals surface area contributed by atoms with Crippen molar-refractivity contribution in [2.45, 2.75) is 6.54 Å². The zero-order valence-corrected chi connectivity index (χ0v) is 13.4. The van der Waals surface area contributed by atoms with Gasteiger partial charge in [0, 0.05) is 24.7 Å². The number of carbonyl (C=O) groups excluding carboxylic acids is 1. The fraction of sp³-hybridized carbons (Fsp3) is 0.188. The largest absolute Gasteiger partial charge is 0.497 e. The van der Waals surface area contributed by atoms with Crippen LogP contribution in [0, 0.1) is 10.1 Å². The summed E-state index contributed by atoms with van der Waals surface area (Å²) in [6.07, 6.45) is 0. The first-order valence-electron chi connectivity index (χ1n) is 6.74. The highest BCUT2D eigenvalue weighted by atomic mass is 35.5. The molecule has 0 aliphatic carbocycles. The lowest BCUT2D eigenvalue weighted by atomic mass is 10.1. The second kappa shape index (κ2) is 7.11. The monoisotopic (exact) mass is 334 g/mol. The van der Waals surface area contributed by atoms with Crippen LogP contribution in [0.15, 0.2) is 42.5 Å². The highest BCUT2D eigenvalue weighted by molar-refractivity contribution is 6.31. The maximum Gasteiger partial charge on any atom is 0.283 e. The van der Waals surface area contributed by atoms with E-state index in [1.54, 1.807) is 26.3 Å². The quantitative estimate of drug-likeness (QED) is 0.619. The summed E-state index contributed by atoms with van der Waals surface area (Å²) in [6, 6.07) is 11.3. The van der Waals surface area contributed by atoms with Crippen LogP contribution < -0.4 is 4.74 Å². The van der Waals surface area contributed by atoms with E-state index >= 15 is 0 Å². The molecule has 0 radical (unpaired) electrons. The van der Waals surface area contributed by atoms with Gasteiger partial charge in [-0.3, -0.25) is 14.9 Å². The Hall–Kier alpha value is -2.60. The van der Waals surface area contributed by atoms with Crippen LogP contribution in [0.25, 0.3) is 0 Å². The molecule has 2 rings (SSSR count). The van der Waals surface area contributed by atoms with E-state index in [1.165, 1.54) is 23.1 Å². The van der Waals surface area contributed by atoms with Crippen LogP contribution in [0.5, 0.6) is 5.75 Å². The number of hydrogen-bond donors (Lipinski definition) is 0. The van der Waals surface area contributed by atoms with Crippen LogP contribution in [-0.4, -0.2) is 29.9 Å². The molecule has 0 fully saturated rings. The molecule has 6 nitrogen and oxygen atoms in total. The Balaban J connectivity index is 2.24. The van der Waals surface area contributed by atoms with E-state index < -0.39 is 10.8 Å². The maximum atomic E-state index is 12.5. The lowest BCUT2D eigenvalue weighted by Gasteiger charge is -2.17. The van der Waals surface area contributed by atoms with Gasteiger partial charge in [-0.05, 0) is 29.8 Å². The number of amides is 1. The van der Waals surface area contributed by atoms with Crippen molar-refractivity contribution in [3.8, 4) is 5.75 Å². The Bertz CT molecular complexity index is 749. The van der Waals surface area contributed by atoms with E-state index in [0.717, 1.165) is 5.56 Å². The fourth-order valence-corrected chi connectivity index (χ4v) is 2.33. The van der Waals surface area contributed by atoms with Gasteiger partial charge in [-0.1, -0.05) is 23.7 Å². The first-order valence-corrected chi connectivity index (χ1v) is 7.12. The van der Waals surface area contributed by atoms with Gasteiger partial charge in [0.1, 0.15) is 11.3 Å². The zero-order valence-electron chi connectivity index (χ0n) is 12.7. The number of benzene rings is 2. The average Bonchev–Trinajstić information content (AvgIpc) is 2.54. The third-order valence-corrected chi connectivity index (χ3v) is 3.52. The van der Waals surface area contributed by atoms with Crippen LogP contribution in [0.1, 0.15) is 15.9 Å². The summed E-state index contributed by atoms with van der Waals surface area (Å²) in [5.74, 6) is 0.233. The lowest BCUT2D eigenvalue weighted by Crippen LogP contribution is -2.26. The van der Waals surface area contributed by atoms with E-state index in [4.69, 9.17) is 16.3 Å². The number of halogens is 1. The fourth-order valence-electron chi connectivity index (χ4n) is 2.16. The van der Waals surface area contributed by atoms with Gasteiger partial charge in [-0.2, -0.15) is 0 Å². The normalized spacial score (nSPS) is 10.2. The standard InChI is InChI=1S/C16H15ClN2O4/c1-18(10-11-4-3-5-13(8-11)23-2)16(20)14-7-6-12(17)9-15(14)19(21)22/h3-9H,10H2,1-2H3. The summed E-state index contributed by atoms with van der Waals surface area (Å²) in [5.41, 5.74) is 0.557. The molecule has 0 aliphatic rings. The van der Waals surface area contributed by atoms with Gasteiger partial charge < -0.3 is 9.64 Å². The van der Waals surface area contributed by atoms with Gasteiger partial charge in [0.15, 0.2) is 0 Å². The Labute approximate surface area is 138 Å². The Kier molecular flexibility index (Phi) is 5.18. The van der Waals surface area contributed by atoms with E-state index in [-0.39, 0.29) is 16.3 Å². The number of hydrogen-bond acceptors (Lipinski definition) is 4. The topological polar surface area (TPSA) is 72.7 Å². The number of methoxy groups -OCH3 is 1. The van der Waals surface area contributed by atoms with E-state index in [9.17, 15) is 14.9 Å². The molecule has 0 saturated carbocycles. The lowest BCUT2D eigenvalue weighted by molar-refractivity contribution is -0.385. The third-order valence-electron chi connectivity index (χ3n) is 3.29. The van der Waals surface area contributed by atoms with E-state index in [2.05, 4.69) is 0 Å². The molecular weight excluding hydrogens is 320 g/mol. The van der Waals surface area contributed by atoms with Gasteiger partial charge in [0.2, 0.25) is 0 Å². The van der Waals surface area contributed by atoms with Crippen LogP contribution in [-0.2, 0) is 6.54 Å². The molecule has 0 heterocycles. The van der Waals surface area contributed by atoms with Crippen LogP contribution in [0.3, 0.4) is 0 Å². The summed E-state index contributed by atoms with van der Waals surface area (Å²) in [4.78, 5) is 24.4. The Morgan fingerprint density at radius 2 is 2.04 bits per heavy atom. The molecule has 0 N–H and O–H groups in total. The summed E-state index contributed by atoms with van der Waals surface area (Å²) < 4.78 is 5.14. The van der Waals surface area contributed by atoms with E-state index in [0.29, 0.717) is 12.3 Å². The molecule has 2 aromatic carbocycles. The minimum Gasteiger partial charge on any atom is -0.497 e. The molecule has 23 heavy (non-hydrogen) atoms. The van der Waals surface area contributed by atoms with Crippen molar-refractivity contribution in [1.82, 2.24) is 4.90 Å². The molecule has 120 valence electrons. The molecule has 0 bridgehead atoms. The zero-order chi connectivity index (χ0) is 17.0. The number of nitro groups is 1. The van der Waals surface area contributed by atoms with Crippen molar-refractivity contribution in [2.24, 2.45) is 0 Å². The Morgan fingerprint density at radius 3 is 2.70 bits per heavy atom. The molecule has 0 spiro atoms. The van der Waals surface area contributed by atoms with Crippen LogP contribution >= 0.6 is 11.6 Å². The van der Waals surface area contributed by atoms with Crippen molar-refractivity contribution in [2.75, 3.05) is 14.2 Å². The molecule has 0 saturated heterocycles. The smallest absolute Gasteiger partial charge is 0.283 e. The van der Waals surface area contributed by atoms with Gasteiger partial charge in [-0.25, -0.2) is 0 Å². The van der Waals surface area contributed by atoms with Gasteiger partial charge in [-0.15, -0.1) is 0 Å². The van der Waals surface area contributed by atoms with Crippen molar-refractivity contribution >= 4 is 23.2 Å². The van der Waals surface area contributed by atoms with Crippen LogP contribution in [0.2, 0.25) is 5.02 Å². The number of ether oxygens (including phenoxy) is 1. The predicted octanol–water partition coefficient (Wildman–Crippen LogP) is 3.53. The second-order valence-corrected chi connectivity index (χ2v) is 5.37. The first kappa shape index (κ1) is 16.8. The van der Waals surface area contributed by atoms with Gasteiger partial charge in [0.05, 0.1) is 12.0 Å². The van der Waals surface area contributed by atoms with Crippen molar-refractivity contribution in [3.05, 3.63) is 68.7 Å².